The minimum absolute atomic E-state index is 0.000118. The molecule has 4 aromatic heterocycles. The molecule has 1 aliphatic heterocycles. The number of halogens is 2. The van der Waals surface area contributed by atoms with Crippen LogP contribution in [0.2, 0.25) is 0 Å². The Kier molecular flexibility index (Phi) is 5.95. The molecule has 0 amide bonds. The number of rotatable bonds is 7. The molecule has 1 aromatic carbocycles. The van der Waals surface area contributed by atoms with Crippen molar-refractivity contribution in [3.05, 3.63) is 66.1 Å². The molecule has 0 aliphatic carbocycles. The monoisotopic (exact) mass is 492 g/mol. The van der Waals surface area contributed by atoms with Crippen LogP contribution >= 0.6 is 0 Å². The third kappa shape index (κ3) is 4.48. The number of aromatic amines is 1. The van der Waals surface area contributed by atoms with Gasteiger partial charge in [-0.2, -0.15) is 8.78 Å². The summed E-state index contributed by atoms with van der Waals surface area (Å²) in [6.45, 7) is 4.56. The first kappa shape index (κ1) is 22.4. The van der Waals surface area contributed by atoms with E-state index in [9.17, 15) is 8.78 Å². The molecule has 1 aliphatic rings. The van der Waals surface area contributed by atoms with E-state index in [-0.39, 0.29) is 5.89 Å². The average molecular weight is 492 g/mol. The standard InChI is InChI=1S/C24H22F2N8O2/c25-22(26)24-31-30-23(36-24)15-4-5-17(27-10-15)13-34-14-20(29-32-34)18-2-1-3-19-21(18)16(11-28-19)12-33-6-8-35-9-7-33/h1-5,10-11,14,22,28H,6-9,12-13H2. The molecule has 0 spiro atoms. The van der Waals surface area contributed by atoms with Crippen LogP contribution in [0.3, 0.4) is 0 Å². The average Bonchev–Trinajstić information content (AvgIpc) is 3.66. The summed E-state index contributed by atoms with van der Waals surface area (Å²) < 4.78 is 37.5. The van der Waals surface area contributed by atoms with E-state index in [0.29, 0.717) is 12.1 Å². The van der Waals surface area contributed by atoms with Crippen LogP contribution in [0.5, 0.6) is 0 Å². The van der Waals surface area contributed by atoms with E-state index in [4.69, 9.17) is 9.15 Å². The quantitative estimate of drug-likeness (QED) is 0.366. The van der Waals surface area contributed by atoms with Gasteiger partial charge in [-0.05, 0) is 23.8 Å². The van der Waals surface area contributed by atoms with E-state index in [1.165, 1.54) is 11.8 Å². The van der Waals surface area contributed by atoms with Gasteiger partial charge >= 0.3 is 6.43 Å². The minimum atomic E-state index is -2.81. The van der Waals surface area contributed by atoms with E-state index >= 15 is 0 Å². The molecule has 184 valence electrons. The van der Waals surface area contributed by atoms with Gasteiger partial charge in [0.15, 0.2) is 0 Å². The predicted octanol–water partition coefficient (Wildman–Crippen LogP) is 3.69. The van der Waals surface area contributed by atoms with E-state index in [1.807, 2.05) is 12.3 Å². The second-order valence-electron chi connectivity index (χ2n) is 8.52. The Morgan fingerprint density at radius 3 is 2.69 bits per heavy atom. The normalized spacial score (nSPS) is 14.8. The van der Waals surface area contributed by atoms with E-state index < -0.39 is 12.3 Å². The first-order valence-corrected chi connectivity index (χ1v) is 11.5. The van der Waals surface area contributed by atoms with Gasteiger partial charge in [0.25, 0.3) is 5.89 Å². The maximum atomic E-state index is 12.7. The molecule has 1 fully saturated rings. The largest absolute Gasteiger partial charge is 0.415 e. The van der Waals surface area contributed by atoms with Crippen molar-refractivity contribution in [2.75, 3.05) is 26.3 Å². The van der Waals surface area contributed by atoms with E-state index in [1.54, 1.807) is 16.8 Å². The van der Waals surface area contributed by atoms with Crippen molar-refractivity contribution < 1.29 is 17.9 Å². The van der Waals surface area contributed by atoms with Crippen molar-refractivity contribution in [3.8, 4) is 22.7 Å². The molecule has 0 atom stereocenters. The van der Waals surface area contributed by atoms with Crippen molar-refractivity contribution >= 4 is 10.9 Å². The Bertz CT molecular complexity index is 1470. The van der Waals surface area contributed by atoms with Gasteiger partial charge in [0.2, 0.25) is 5.89 Å². The van der Waals surface area contributed by atoms with Crippen molar-refractivity contribution in [1.29, 1.82) is 0 Å². The Morgan fingerprint density at radius 1 is 1.03 bits per heavy atom. The van der Waals surface area contributed by atoms with Crippen molar-refractivity contribution in [2.45, 2.75) is 19.5 Å². The van der Waals surface area contributed by atoms with Gasteiger partial charge in [-0.3, -0.25) is 9.88 Å². The summed E-state index contributed by atoms with van der Waals surface area (Å²) >= 11 is 0. The zero-order chi connectivity index (χ0) is 24.5. The number of ether oxygens (including phenoxy) is 1. The second-order valence-corrected chi connectivity index (χ2v) is 8.52. The van der Waals surface area contributed by atoms with Crippen LogP contribution in [-0.4, -0.2) is 66.4 Å². The summed E-state index contributed by atoms with van der Waals surface area (Å²) in [5, 5.41) is 16.8. The Labute approximate surface area is 203 Å². The van der Waals surface area contributed by atoms with Crippen LogP contribution in [0.15, 0.2) is 53.3 Å². The summed E-state index contributed by atoms with van der Waals surface area (Å²) in [7, 11) is 0. The lowest BCUT2D eigenvalue weighted by molar-refractivity contribution is 0.0344. The van der Waals surface area contributed by atoms with Crippen LogP contribution in [0.4, 0.5) is 8.78 Å². The SMILES string of the molecule is FC(F)c1nnc(-c2ccc(Cn3cc(-c4cccc5[nH]cc(CN6CCOCC6)c45)nn3)nc2)o1. The molecule has 10 nitrogen and oxygen atoms in total. The maximum Gasteiger partial charge on any atom is 0.314 e. The van der Waals surface area contributed by atoms with Gasteiger partial charge in [-0.15, -0.1) is 15.3 Å². The van der Waals surface area contributed by atoms with Gasteiger partial charge in [-0.1, -0.05) is 17.3 Å². The molecule has 6 rings (SSSR count). The van der Waals surface area contributed by atoms with E-state index in [0.717, 1.165) is 60.7 Å². The topological polar surface area (TPSA) is 111 Å². The van der Waals surface area contributed by atoms with Gasteiger partial charge in [0.1, 0.15) is 5.69 Å². The lowest BCUT2D eigenvalue weighted by Crippen LogP contribution is -2.35. The van der Waals surface area contributed by atoms with Crippen LogP contribution in [0, 0.1) is 0 Å². The van der Waals surface area contributed by atoms with Gasteiger partial charge in [0.05, 0.1) is 37.2 Å². The third-order valence-corrected chi connectivity index (χ3v) is 6.12. The summed E-state index contributed by atoms with van der Waals surface area (Å²) in [5.74, 6) is -0.713. The van der Waals surface area contributed by atoms with Gasteiger partial charge < -0.3 is 14.1 Å². The zero-order valence-electron chi connectivity index (χ0n) is 19.1. The molecule has 1 saturated heterocycles. The number of nitrogens with one attached hydrogen (secondary N) is 1. The van der Waals surface area contributed by atoms with Crippen LogP contribution in [0.1, 0.15) is 23.6 Å². The lowest BCUT2D eigenvalue weighted by Gasteiger charge is -2.26. The Hall–Kier alpha value is -4.03. The lowest BCUT2D eigenvalue weighted by atomic mass is 10.0. The highest BCUT2D eigenvalue weighted by atomic mass is 19.3. The summed E-state index contributed by atoms with van der Waals surface area (Å²) in [6, 6.07) is 9.57. The van der Waals surface area contributed by atoms with Gasteiger partial charge in [0, 0.05) is 48.5 Å². The zero-order valence-corrected chi connectivity index (χ0v) is 19.1. The summed E-state index contributed by atoms with van der Waals surface area (Å²) in [5.41, 5.74) is 5.23. The molecule has 5 aromatic rings. The molecule has 0 unspecified atom stereocenters. The Morgan fingerprint density at radius 2 is 1.92 bits per heavy atom. The van der Waals surface area contributed by atoms with Crippen LogP contribution < -0.4 is 0 Å². The van der Waals surface area contributed by atoms with Crippen LogP contribution in [0.25, 0.3) is 33.6 Å². The van der Waals surface area contributed by atoms with E-state index in [2.05, 4.69) is 53.7 Å². The number of H-pyrrole nitrogens is 1. The number of nitrogens with zero attached hydrogens (tertiary/aromatic N) is 7. The number of hydrogen-bond donors (Lipinski definition) is 1. The fourth-order valence-electron chi connectivity index (χ4n) is 4.34. The first-order valence-electron chi connectivity index (χ1n) is 11.5. The summed E-state index contributed by atoms with van der Waals surface area (Å²) in [6.07, 6.45) is 2.65. The molecule has 5 heterocycles. The third-order valence-electron chi connectivity index (χ3n) is 6.12. The number of morpholine rings is 1. The molecule has 12 heteroatoms. The minimum Gasteiger partial charge on any atom is -0.415 e. The number of pyridine rings is 1. The number of hydrogen-bond acceptors (Lipinski definition) is 8. The molecule has 0 bridgehead atoms. The van der Waals surface area contributed by atoms with Gasteiger partial charge in [-0.25, -0.2) is 4.68 Å². The fourth-order valence-corrected chi connectivity index (χ4v) is 4.34. The van der Waals surface area contributed by atoms with Crippen molar-refractivity contribution in [1.82, 2.24) is 40.1 Å². The second kappa shape index (κ2) is 9.55. The Balaban J connectivity index is 1.21. The molecule has 1 N–H and O–H groups in total. The van der Waals surface area contributed by atoms with Crippen LogP contribution in [-0.2, 0) is 17.8 Å². The molecule has 0 radical (unpaired) electrons. The molecule has 0 saturated carbocycles. The highest BCUT2D eigenvalue weighted by Gasteiger charge is 2.18. The first-order chi connectivity index (χ1) is 17.6. The highest BCUT2D eigenvalue weighted by molar-refractivity contribution is 5.96. The molecule has 36 heavy (non-hydrogen) atoms. The predicted molar refractivity (Wildman–Crippen MR) is 125 cm³/mol. The van der Waals surface area contributed by atoms with Crippen molar-refractivity contribution in [2.24, 2.45) is 0 Å². The number of benzene rings is 1. The number of alkyl halides is 2. The highest BCUT2D eigenvalue weighted by Crippen LogP contribution is 2.31. The summed E-state index contributed by atoms with van der Waals surface area (Å²) in [4.78, 5) is 10.1. The van der Waals surface area contributed by atoms with Crippen molar-refractivity contribution in [3.63, 3.8) is 0 Å². The smallest absolute Gasteiger partial charge is 0.314 e. The molecular weight excluding hydrogens is 470 g/mol. The maximum absolute atomic E-state index is 12.7. The number of fused-ring (bicyclic) bond motifs is 1. The molecular formula is C24H22F2N8O2. The number of aromatic nitrogens is 7. The fraction of sp³-hybridized carbons (Fsp3) is 0.292.